The van der Waals surface area contributed by atoms with E-state index in [1.54, 1.807) is 30.3 Å². The molecule has 3 aromatic rings. The van der Waals surface area contributed by atoms with Crippen LogP contribution in [0.1, 0.15) is 78.9 Å². The van der Waals surface area contributed by atoms with E-state index < -0.39 is 12.1 Å². The van der Waals surface area contributed by atoms with Gasteiger partial charge in [0.25, 0.3) is 5.91 Å². The largest absolute Gasteiger partial charge is 0.506 e. The van der Waals surface area contributed by atoms with Crippen molar-refractivity contribution in [1.82, 2.24) is 0 Å². The number of carbonyl (C=O) groups excluding carboxylic acids is 2. The molecule has 0 saturated heterocycles. The van der Waals surface area contributed by atoms with Crippen LogP contribution in [0.15, 0.2) is 60.7 Å². The molecule has 1 unspecified atom stereocenters. The molecule has 0 aliphatic heterocycles. The van der Waals surface area contributed by atoms with Crippen LogP contribution in [-0.2, 0) is 15.6 Å². The number of aromatic hydroxyl groups is 1. The highest BCUT2D eigenvalue weighted by Crippen LogP contribution is 2.39. The van der Waals surface area contributed by atoms with Crippen LogP contribution in [0, 0.1) is 0 Å². The molecule has 220 valence electrons. The SMILES string of the molecule is CCC(Oc1ccc(C(C)(C)CC)cc1C(C)(C)CC)C(=O)Nc1ccc(NC(=O)Nc2cccc(Cl)c2)c(O)c1. The maximum atomic E-state index is 13.2. The number of carbonyl (C=O) groups is 2. The van der Waals surface area contributed by atoms with E-state index in [1.807, 2.05) is 13.0 Å². The first-order valence-electron chi connectivity index (χ1n) is 14.1. The van der Waals surface area contributed by atoms with Crippen molar-refractivity contribution >= 4 is 40.6 Å². The van der Waals surface area contributed by atoms with Gasteiger partial charge in [0.2, 0.25) is 0 Å². The van der Waals surface area contributed by atoms with Gasteiger partial charge < -0.3 is 25.8 Å². The van der Waals surface area contributed by atoms with Gasteiger partial charge in [-0.25, -0.2) is 4.79 Å². The Morgan fingerprint density at radius 2 is 1.54 bits per heavy atom. The van der Waals surface area contributed by atoms with Crippen LogP contribution in [0.3, 0.4) is 0 Å². The third kappa shape index (κ3) is 8.17. The van der Waals surface area contributed by atoms with Crippen molar-refractivity contribution in [1.29, 1.82) is 0 Å². The Morgan fingerprint density at radius 3 is 2.15 bits per heavy atom. The first-order chi connectivity index (χ1) is 19.3. The summed E-state index contributed by atoms with van der Waals surface area (Å²) in [4.78, 5) is 25.6. The Labute approximate surface area is 248 Å². The number of amides is 3. The Morgan fingerprint density at radius 1 is 0.854 bits per heavy atom. The fraction of sp³-hybridized carbons (Fsp3) is 0.394. The lowest BCUT2D eigenvalue weighted by molar-refractivity contribution is -0.122. The highest BCUT2D eigenvalue weighted by atomic mass is 35.5. The van der Waals surface area contributed by atoms with Crippen LogP contribution in [0.2, 0.25) is 5.02 Å². The molecule has 3 amide bonds. The molecular weight excluding hydrogens is 538 g/mol. The number of phenols is 1. The number of benzene rings is 3. The molecule has 0 bridgehead atoms. The van der Waals surface area contributed by atoms with Gasteiger partial charge in [0, 0.05) is 28.0 Å². The van der Waals surface area contributed by atoms with Crippen LogP contribution >= 0.6 is 11.6 Å². The maximum absolute atomic E-state index is 13.2. The monoisotopic (exact) mass is 579 g/mol. The van der Waals surface area contributed by atoms with E-state index in [1.165, 1.54) is 17.7 Å². The normalized spacial score (nSPS) is 12.4. The second kappa shape index (κ2) is 13.3. The predicted molar refractivity (Wildman–Crippen MR) is 169 cm³/mol. The number of nitrogens with one attached hydrogen (secondary N) is 3. The summed E-state index contributed by atoms with van der Waals surface area (Å²) in [5.74, 6) is 0.172. The molecule has 3 aromatic carbocycles. The van der Waals surface area contributed by atoms with Crippen molar-refractivity contribution in [3.63, 3.8) is 0 Å². The van der Waals surface area contributed by atoms with Crippen LogP contribution in [0.4, 0.5) is 21.9 Å². The van der Waals surface area contributed by atoms with Crippen LogP contribution in [0.25, 0.3) is 0 Å². The van der Waals surface area contributed by atoms with Crippen molar-refractivity contribution in [3.05, 3.63) is 76.8 Å². The Bertz CT molecular complexity index is 1390. The van der Waals surface area contributed by atoms with E-state index >= 15 is 0 Å². The zero-order chi connectivity index (χ0) is 30.4. The van der Waals surface area contributed by atoms with E-state index in [4.69, 9.17) is 16.3 Å². The molecule has 3 rings (SSSR count). The lowest BCUT2D eigenvalue weighted by atomic mass is 9.76. The lowest BCUT2D eigenvalue weighted by Crippen LogP contribution is -2.33. The maximum Gasteiger partial charge on any atom is 0.323 e. The lowest BCUT2D eigenvalue weighted by Gasteiger charge is -2.31. The van der Waals surface area contributed by atoms with Gasteiger partial charge in [-0.2, -0.15) is 0 Å². The topological polar surface area (TPSA) is 99.7 Å². The number of phenolic OH excluding ortho intramolecular Hbond substituents is 1. The van der Waals surface area contributed by atoms with E-state index in [0.29, 0.717) is 28.6 Å². The summed E-state index contributed by atoms with van der Waals surface area (Å²) >= 11 is 5.96. The average molecular weight is 580 g/mol. The van der Waals surface area contributed by atoms with Gasteiger partial charge >= 0.3 is 6.03 Å². The summed E-state index contributed by atoms with van der Waals surface area (Å²) < 4.78 is 6.34. The van der Waals surface area contributed by atoms with Gasteiger partial charge in [-0.1, -0.05) is 78.3 Å². The first-order valence-corrected chi connectivity index (χ1v) is 14.5. The van der Waals surface area contributed by atoms with Crippen LogP contribution in [0.5, 0.6) is 11.5 Å². The van der Waals surface area contributed by atoms with Gasteiger partial charge in [-0.15, -0.1) is 0 Å². The number of rotatable bonds is 11. The Kier molecular flexibility index (Phi) is 10.3. The number of hydrogen-bond donors (Lipinski definition) is 4. The number of hydrogen-bond acceptors (Lipinski definition) is 4. The molecule has 0 fully saturated rings. The van der Waals surface area contributed by atoms with Crippen molar-refractivity contribution in [2.24, 2.45) is 0 Å². The van der Waals surface area contributed by atoms with Gasteiger partial charge in [0.05, 0.1) is 5.69 Å². The predicted octanol–water partition coefficient (Wildman–Crippen LogP) is 8.86. The number of halogens is 1. The molecule has 0 aliphatic carbocycles. The van der Waals surface area contributed by atoms with Gasteiger partial charge in [0.15, 0.2) is 6.10 Å². The summed E-state index contributed by atoms with van der Waals surface area (Å²) in [6.07, 6.45) is 1.64. The fourth-order valence-corrected chi connectivity index (χ4v) is 4.43. The third-order valence-corrected chi connectivity index (χ3v) is 8.02. The van der Waals surface area contributed by atoms with Crippen molar-refractivity contribution in [2.75, 3.05) is 16.0 Å². The highest BCUT2D eigenvalue weighted by Gasteiger charge is 2.29. The number of urea groups is 1. The molecule has 0 aliphatic rings. The highest BCUT2D eigenvalue weighted by molar-refractivity contribution is 6.30. The van der Waals surface area contributed by atoms with E-state index in [2.05, 4.69) is 69.6 Å². The minimum atomic E-state index is -0.741. The zero-order valence-electron chi connectivity index (χ0n) is 25.0. The van der Waals surface area contributed by atoms with E-state index in [0.717, 1.165) is 18.4 Å². The van der Waals surface area contributed by atoms with Crippen molar-refractivity contribution < 1.29 is 19.4 Å². The van der Waals surface area contributed by atoms with Gasteiger partial charge in [0.1, 0.15) is 11.5 Å². The van der Waals surface area contributed by atoms with Crippen LogP contribution in [-0.4, -0.2) is 23.1 Å². The van der Waals surface area contributed by atoms with Crippen molar-refractivity contribution in [3.8, 4) is 11.5 Å². The molecule has 1 atom stereocenters. The molecule has 0 radical (unpaired) electrons. The smallest absolute Gasteiger partial charge is 0.323 e. The van der Waals surface area contributed by atoms with Gasteiger partial charge in [-0.3, -0.25) is 4.79 Å². The fourth-order valence-electron chi connectivity index (χ4n) is 4.24. The number of anilines is 3. The summed E-state index contributed by atoms with van der Waals surface area (Å²) in [5.41, 5.74) is 3.28. The van der Waals surface area contributed by atoms with E-state index in [9.17, 15) is 14.7 Å². The minimum Gasteiger partial charge on any atom is -0.506 e. The minimum absolute atomic E-state index is 0.0254. The summed E-state index contributed by atoms with van der Waals surface area (Å²) in [6.45, 7) is 15.1. The molecule has 4 N–H and O–H groups in total. The van der Waals surface area contributed by atoms with E-state index in [-0.39, 0.29) is 28.2 Å². The molecule has 0 spiro atoms. The molecule has 0 aromatic heterocycles. The second-order valence-electron chi connectivity index (χ2n) is 11.5. The average Bonchev–Trinajstić information content (AvgIpc) is 2.93. The molecule has 0 saturated carbocycles. The molecule has 8 heteroatoms. The summed E-state index contributed by atoms with van der Waals surface area (Å²) in [5, 5.41) is 19.1. The first kappa shape index (κ1) is 31.8. The summed E-state index contributed by atoms with van der Waals surface area (Å²) in [7, 11) is 0. The molecule has 7 nitrogen and oxygen atoms in total. The molecule has 0 heterocycles. The van der Waals surface area contributed by atoms with Crippen molar-refractivity contribution in [2.45, 2.75) is 84.7 Å². The molecule has 41 heavy (non-hydrogen) atoms. The zero-order valence-corrected chi connectivity index (χ0v) is 25.8. The van der Waals surface area contributed by atoms with Gasteiger partial charge in [-0.05, 0) is 72.1 Å². The Hall–Kier alpha value is -3.71. The quantitative estimate of drug-likeness (QED) is 0.170. The Balaban J connectivity index is 1.73. The number of ether oxygens (including phenoxy) is 1. The molecular formula is C33H42ClN3O4. The standard InChI is InChI=1S/C33H42ClN3O4/c1-8-28(41-29-17-14-21(32(4,5)9-2)18-25(29)33(6,7)10-3)30(39)35-24-15-16-26(27(38)20-24)37-31(40)36-23-13-11-12-22(34)19-23/h11-20,28,38H,8-10H2,1-7H3,(H,35,39)(H2,36,37,40). The summed E-state index contributed by atoms with van der Waals surface area (Å²) in [6, 6.07) is 17.0. The second-order valence-corrected chi connectivity index (χ2v) is 11.9. The van der Waals surface area contributed by atoms with Crippen LogP contribution < -0.4 is 20.7 Å². The third-order valence-electron chi connectivity index (χ3n) is 7.79.